The number of hydrogen-bond donors (Lipinski definition) is 2. The van der Waals surface area contributed by atoms with Crippen LogP contribution in [-0.4, -0.2) is 16.8 Å². The Bertz CT molecular complexity index is 911. The van der Waals surface area contributed by atoms with E-state index in [9.17, 15) is 16.8 Å². The molecule has 0 atom stereocenters. The minimum Gasteiger partial charge on any atom is -0.280 e. The monoisotopic (exact) mass is 380 g/mol. The number of sulfonamides is 2. The van der Waals surface area contributed by atoms with Crippen LogP contribution < -0.4 is 9.86 Å². The molecule has 0 aliphatic heterocycles. The molecule has 0 fully saturated rings. The predicted molar refractivity (Wildman–Crippen MR) is 85.1 cm³/mol. The number of nitrogens with one attached hydrogen (secondary N) is 1. The van der Waals surface area contributed by atoms with Crippen molar-refractivity contribution >= 4 is 48.9 Å². The number of primary sulfonamides is 1. The standard InChI is InChI=1S/C12H10Cl2N2O4S2/c13-8-1-3-9(4-2-8)16-22(19,20)12-6-5-10(7-11(12)14)21(15,17)18/h1-7,16H,(H2,15,17,18). The molecule has 0 saturated carbocycles. The lowest BCUT2D eigenvalue weighted by atomic mass is 10.3. The smallest absolute Gasteiger partial charge is 0.263 e. The van der Waals surface area contributed by atoms with Gasteiger partial charge in [0.2, 0.25) is 10.0 Å². The van der Waals surface area contributed by atoms with E-state index >= 15 is 0 Å². The van der Waals surface area contributed by atoms with E-state index in [4.69, 9.17) is 28.3 Å². The van der Waals surface area contributed by atoms with Gasteiger partial charge in [0.05, 0.1) is 9.92 Å². The molecule has 0 heterocycles. The van der Waals surface area contributed by atoms with Crippen molar-refractivity contribution in [3.8, 4) is 0 Å². The van der Waals surface area contributed by atoms with Gasteiger partial charge >= 0.3 is 0 Å². The Kier molecular flexibility index (Phi) is 4.69. The summed E-state index contributed by atoms with van der Waals surface area (Å²) in [4.78, 5) is -0.542. The topological polar surface area (TPSA) is 106 Å². The van der Waals surface area contributed by atoms with E-state index in [0.29, 0.717) is 5.02 Å². The van der Waals surface area contributed by atoms with Crippen LogP contribution in [0.5, 0.6) is 0 Å². The Morgan fingerprint density at radius 3 is 2.00 bits per heavy atom. The Hall–Kier alpha value is -1.32. The minimum absolute atomic E-state index is 0.256. The molecule has 2 aromatic rings. The van der Waals surface area contributed by atoms with Crippen molar-refractivity contribution in [2.75, 3.05) is 4.72 Å². The SMILES string of the molecule is NS(=O)(=O)c1ccc(S(=O)(=O)Nc2ccc(Cl)cc2)c(Cl)c1. The number of hydrogen-bond acceptors (Lipinski definition) is 4. The molecule has 2 aromatic carbocycles. The Labute approximate surface area is 138 Å². The second-order valence-electron chi connectivity index (χ2n) is 4.25. The van der Waals surface area contributed by atoms with Crippen LogP contribution in [0.1, 0.15) is 0 Å². The van der Waals surface area contributed by atoms with E-state index in [1.54, 1.807) is 0 Å². The predicted octanol–water partition coefficient (Wildman–Crippen LogP) is 2.44. The molecule has 0 radical (unpaired) electrons. The van der Waals surface area contributed by atoms with Crippen LogP contribution in [-0.2, 0) is 20.0 Å². The molecule has 0 bridgehead atoms. The van der Waals surface area contributed by atoms with Gasteiger partial charge in [0.15, 0.2) is 0 Å². The first-order valence-electron chi connectivity index (χ1n) is 5.70. The summed E-state index contributed by atoms with van der Waals surface area (Å²) in [6.45, 7) is 0. The van der Waals surface area contributed by atoms with E-state index in [2.05, 4.69) is 4.72 Å². The fourth-order valence-electron chi connectivity index (χ4n) is 1.60. The zero-order valence-corrected chi connectivity index (χ0v) is 14.0. The molecule has 0 unspecified atom stereocenters. The second kappa shape index (κ2) is 6.05. The lowest BCUT2D eigenvalue weighted by Gasteiger charge is -2.10. The molecule has 3 N–H and O–H groups in total. The molecule has 10 heteroatoms. The van der Waals surface area contributed by atoms with Crippen molar-refractivity contribution in [1.29, 1.82) is 0 Å². The zero-order valence-electron chi connectivity index (χ0n) is 10.8. The zero-order chi connectivity index (χ0) is 16.5. The average molecular weight is 381 g/mol. The number of rotatable bonds is 4. The summed E-state index contributed by atoms with van der Waals surface area (Å²) < 4.78 is 49.2. The molecule has 0 spiro atoms. The molecule has 0 saturated heterocycles. The van der Waals surface area contributed by atoms with Gasteiger partial charge in [-0.2, -0.15) is 0 Å². The third-order valence-electron chi connectivity index (χ3n) is 2.62. The molecule has 0 aliphatic rings. The Morgan fingerprint density at radius 1 is 0.909 bits per heavy atom. The van der Waals surface area contributed by atoms with Gasteiger partial charge in [-0.3, -0.25) is 4.72 Å². The molecule has 6 nitrogen and oxygen atoms in total. The first kappa shape index (κ1) is 17.0. The first-order valence-corrected chi connectivity index (χ1v) is 9.49. The lowest BCUT2D eigenvalue weighted by molar-refractivity contribution is 0.595. The fourth-order valence-corrected chi connectivity index (χ4v) is 3.94. The quantitative estimate of drug-likeness (QED) is 0.848. The van der Waals surface area contributed by atoms with Crippen molar-refractivity contribution in [2.45, 2.75) is 9.79 Å². The van der Waals surface area contributed by atoms with E-state index in [1.165, 1.54) is 24.3 Å². The van der Waals surface area contributed by atoms with Gasteiger partial charge in [-0.15, -0.1) is 0 Å². The molecule has 118 valence electrons. The number of nitrogens with two attached hydrogens (primary N) is 1. The number of anilines is 1. The van der Waals surface area contributed by atoms with Crippen molar-refractivity contribution in [3.63, 3.8) is 0 Å². The van der Waals surface area contributed by atoms with Gasteiger partial charge < -0.3 is 0 Å². The summed E-state index contributed by atoms with van der Waals surface area (Å²) >= 11 is 11.6. The van der Waals surface area contributed by atoms with Crippen LogP contribution >= 0.6 is 23.2 Å². The van der Waals surface area contributed by atoms with Gasteiger partial charge in [0.25, 0.3) is 10.0 Å². The molecule has 0 aromatic heterocycles. The summed E-state index contributed by atoms with van der Waals surface area (Å²) in [5.74, 6) is 0. The van der Waals surface area contributed by atoms with E-state index in [1.807, 2.05) is 0 Å². The van der Waals surface area contributed by atoms with Gasteiger partial charge in [-0.25, -0.2) is 22.0 Å². The van der Waals surface area contributed by atoms with Crippen molar-refractivity contribution < 1.29 is 16.8 Å². The summed E-state index contributed by atoms with van der Waals surface area (Å²) in [6, 6.07) is 9.11. The summed E-state index contributed by atoms with van der Waals surface area (Å²) in [7, 11) is -7.95. The van der Waals surface area contributed by atoms with Crippen LogP contribution in [0, 0.1) is 0 Å². The second-order valence-corrected chi connectivity index (χ2v) is 8.31. The van der Waals surface area contributed by atoms with Gasteiger partial charge in [-0.1, -0.05) is 23.2 Å². The number of benzene rings is 2. The largest absolute Gasteiger partial charge is 0.280 e. The maximum atomic E-state index is 12.3. The normalized spacial score (nSPS) is 12.1. The molecule has 2 rings (SSSR count). The Balaban J connectivity index is 2.40. The molecular formula is C12H10Cl2N2O4S2. The maximum absolute atomic E-state index is 12.3. The third-order valence-corrected chi connectivity index (χ3v) is 5.65. The van der Waals surface area contributed by atoms with Crippen LogP contribution in [0.2, 0.25) is 10.0 Å². The first-order chi connectivity index (χ1) is 10.1. The van der Waals surface area contributed by atoms with E-state index in [0.717, 1.165) is 18.2 Å². The van der Waals surface area contributed by atoms with E-state index in [-0.39, 0.29) is 20.5 Å². The van der Waals surface area contributed by atoms with Crippen molar-refractivity contribution in [2.24, 2.45) is 5.14 Å². The minimum atomic E-state index is -3.98. The third kappa shape index (κ3) is 3.90. The van der Waals surface area contributed by atoms with Gasteiger partial charge in [-0.05, 0) is 42.5 Å². The highest BCUT2D eigenvalue weighted by Crippen LogP contribution is 2.26. The molecule has 22 heavy (non-hydrogen) atoms. The summed E-state index contributed by atoms with van der Waals surface area (Å²) in [6.07, 6.45) is 0. The molecular weight excluding hydrogens is 371 g/mol. The van der Waals surface area contributed by atoms with Crippen LogP contribution in [0.15, 0.2) is 52.3 Å². The number of halogens is 2. The van der Waals surface area contributed by atoms with Crippen molar-refractivity contribution in [1.82, 2.24) is 0 Å². The molecule has 0 amide bonds. The highest BCUT2D eigenvalue weighted by molar-refractivity contribution is 7.93. The Morgan fingerprint density at radius 2 is 1.50 bits per heavy atom. The summed E-state index contributed by atoms with van der Waals surface area (Å²) in [5, 5.41) is 5.16. The fraction of sp³-hybridized carbons (Fsp3) is 0. The average Bonchev–Trinajstić information content (AvgIpc) is 2.39. The lowest BCUT2D eigenvalue weighted by Crippen LogP contribution is -2.15. The summed E-state index contributed by atoms with van der Waals surface area (Å²) in [5.41, 5.74) is 0.288. The van der Waals surface area contributed by atoms with Crippen LogP contribution in [0.4, 0.5) is 5.69 Å². The van der Waals surface area contributed by atoms with Gasteiger partial charge in [0.1, 0.15) is 4.90 Å². The van der Waals surface area contributed by atoms with Gasteiger partial charge in [0, 0.05) is 10.7 Å². The highest BCUT2D eigenvalue weighted by Gasteiger charge is 2.20. The molecule has 0 aliphatic carbocycles. The maximum Gasteiger partial charge on any atom is 0.263 e. The van der Waals surface area contributed by atoms with E-state index < -0.39 is 20.0 Å². The van der Waals surface area contributed by atoms with Crippen LogP contribution in [0.25, 0.3) is 0 Å². The highest BCUT2D eigenvalue weighted by atomic mass is 35.5. The van der Waals surface area contributed by atoms with Crippen molar-refractivity contribution in [3.05, 3.63) is 52.5 Å². The van der Waals surface area contributed by atoms with Crippen LogP contribution in [0.3, 0.4) is 0 Å².